The van der Waals surface area contributed by atoms with E-state index in [1.54, 1.807) is 14.2 Å². The van der Waals surface area contributed by atoms with Gasteiger partial charge in [-0.2, -0.15) is 0 Å². The monoisotopic (exact) mass is 510 g/mol. The van der Waals surface area contributed by atoms with Crippen LogP contribution < -0.4 is 4.74 Å². The molecule has 0 N–H and O–H groups in total. The SMILES string of the molecule is CCCN1CCN(C(OC(=O)C2(c3ccc(OC)cc3)CC2OC)c2ccccc2)CC1.Cl.Cl. The van der Waals surface area contributed by atoms with Gasteiger partial charge in [-0.1, -0.05) is 49.4 Å². The lowest BCUT2D eigenvalue weighted by Gasteiger charge is -2.39. The predicted octanol–water partition coefficient (Wildman–Crippen LogP) is 4.46. The topological polar surface area (TPSA) is 51.2 Å². The van der Waals surface area contributed by atoms with Gasteiger partial charge < -0.3 is 19.1 Å². The van der Waals surface area contributed by atoms with Crippen molar-refractivity contribution >= 4 is 30.8 Å². The van der Waals surface area contributed by atoms with E-state index in [4.69, 9.17) is 14.2 Å². The highest BCUT2D eigenvalue weighted by molar-refractivity contribution is 5.88. The average molecular weight is 511 g/mol. The minimum absolute atomic E-state index is 0. The summed E-state index contributed by atoms with van der Waals surface area (Å²) in [7, 11) is 3.30. The van der Waals surface area contributed by atoms with Gasteiger partial charge in [0.1, 0.15) is 11.2 Å². The average Bonchev–Trinajstić information content (AvgIpc) is 3.60. The highest BCUT2D eigenvalue weighted by Gasteiger charge is 2.64. The van der Waals surface area contributed by atoms with Gasteiger partial charge in [0, 0.05) is 38.9 Å². The van der Waals surface area contributed by atoms with E-state index in [1.807, 2.05) is 54.6 Å². The number of nitrogens with zero attached hydrogens (tertiary/aromatic N) is 2. The number of carbonyl (C=O) groups is 1. The molecule has 1 heterocycles. The van der Waals surface area contributed by atoms with Gasteiger partial charge in [-0.25, -0.2) is 0 Å². The van der Waals surface area contributed by atoms with Crippen molar-refractivity contribution in [3.63, 3.8) is 0 Å². The Hall–Kier alpha value is -1.83. The number of esters is 1. The van der Waals surface area contributed by atoms with E-state index < -0.39 is 11.6 Å². The molecular formula is C26H36Cl2N2O4. The van der Waals surface area contributed by atoms with Crippen molar-refractivity contribution in [1.82, 2.24) is 9.80 Å². The molecule has 0 amide bonds. The van der Waals surface area contributed by atoms with Gasteiger partial charge in [-0.15, -0.1) is 24.8 Å². The first-order valence-corrected chi connectivity index (χ1v) is 11.5. The number of benzene rings is 2. The molecule has 4 rings (SSSR count). The maximum Gasteiger partial charge on any atom is 0.321 e. The standard InChI is InChI=1S/C26H34N2O4.2ClH/c1-4-14-27-15-17-28(18-16-27)24(20-8-6-5-7-9-20)32-25(29)26(19-23(26)31-3)21-10-12-22(30-2)13-11-21;;/h5-13,23-24H,4,14-19H2,1-3H3;2*1H. The summed E-state index contributed by atoms with van der Waals surface area (Å²) in [5, 5.41) is 0. The molecule has 0 radical (unpaired) electrons. The molecule has 1 saturated carbocycles. The van der Waals surface area contributed by atoms with E-state index in [9.17, 15) is 4.79 Å². The van der Waals surface area contributed by atoms with Crippen LogP contribution in [0, 0.1) is 0 Å². The van der Waals surface area contributed by atoms with Gasteiger partial charge in [0.25, 0.3) is 0 Å². The lowest BCUT2D eigenvalue weighted by molar-refractivity contribution is -0.166. The predicted molar refractivity (Wildman–Crippen MR) is 138 cm³/mol. The molecule has 3 atom stereocenters. The van der Waals surface area contributed by atoms with Crippen molar-refractivity contribution in [3.05, 3.63) is 65.7 Å². The number of rotatable bonds is 9. The van der Waals surface area contributed by atoms with Crippen LogP contribution in [-0.4, -0.2) is 68.8 Å². The molecule has 188 valence electrons. The normalized spacial score (nSPS) is 23.2. The van der Waals surface area contributed by atoms with Crippen LogP contribution >= 0.6 is 24.8 Å². The fourth-order valence-corrected chi connectivity index (χ4v) is 4.76. The summed E-state index contributed by atoms with van der Waals surface area (Å²) in [6.07, 6.45) is 1.20. The summed E-state index contributed by atoms with van der Waals surface area (Å²) in [6.45, 7) is 7.03. The van der Waals surface area contributed by atoms with Crippen LogP contribution in [0.3, 0.4) is 0 Å². The maximum absolute atomic E-state index is 13.7. The summed E-state index contributed by atoms with van der Waals surface area (Å²) in [5.74, 6) is 0.540. The van der Waals surface area contributed by atoms with Gasteiger partial charge in [-0.05, 0) is 37.1 Å². The minimum Gasteiger partial charge on any atom is -0.497 e. The number of halogens is 2. The Morgan fingerprint density at radius 1 is 1.00 bits per heavy atom. The summed E-state index contributed by atoms with van der Waals surface area (Å²) in [6, 6.07) is 17.7. The molecule has 0 bridgehead atoms. The second kappa shape index (κ2) is 12.8. The Labute approximate surface area is 215 Å². The van der Waals surface area contributed by atoms with Gasteiger partial charge in [0.05, 0.1) is 13.2 Å². The first-order valence-electron chi connectivity index (χ1n) is 11.5. The number of carbonyl (C=O) groups excluding carboxylic acids is 1. The molecule has 8 heteroatoms. The lowest BCUT2D eigenvalue weighted by Crippen LogP contribution is -2.49. The van der Waals surface area contributed by atoms with E-state index in [0.717, 1.165) is 56.0 Å². The largest absolute Gasteiger partial charge is 0.497 e. The van der Waals surface area contributed by atoms with Crippen molar-refractivity contribution < 1.29 is 19.0 Å². The van der Waals surface area contributed by atoms with Gasteiger partial charge in [-0.3, -0.25) is 9.69 Å². The Morgan fingerprint density at radius 2 is 1.65 bits per heavy atom. The second-order valence-electron chi connectivity index (χ2n) is 8.67. The summed E-state index contributed by atoms with van der Waals surface area (Å²) in [4.78, 5) is 18.4. The van der Waals surface area contributed by atoms with E-state index >= 15 is 0 Å². The minimum atomic E-state index is -0.766. The number of ether oxygens (including phenoxy) is 3. The molecule has 2 fully saturated rings. The zero-order chi connectivity index (χ0) is 22.6. The van der Waals surface area contributed by atoms with E-state index in [1.165, 1.54) is 0 Å². The molecule has 0 spiro atoms. The smallest absolute Gasteiger partial charge is 0.321 e. The summed E-state index contributed by atoms with van der Waals surface area (Å²) < 4.78 is 17.2. The number of hydrogen-bond acceptors (Lipinski definition) is 6. The molecule has 6 nitrogen and oxygen atoms in total. The van der Waals surface area contributed by atoms with E-state index in [0.29, 0.717) is 6.42 Å². The first-order chi connectivity index (χ1) is 15.6. The highest BCUT2D eigenvalue weighted by atomic mass is 35.5. The van der Waals surface area contributed by atoms with Crippen molar-refractivity contribution in [2.24, 2.45) is 0 Å². The number of piperazine rings is 1. The summed E-state index contributed by atoms with van der Waals surface area (Å²) in [5.41, 5.74) is 1.15. The molecule has 2 aromatic carbocycles. The van der Waals surface area contributed by atoms with Crippen LogP contribution in [0.5, 0.6) is 5.75 Å². The Kier molecular flexibility index (Phi) is 10.7. The number of methoxy groups -OCH3 is 2. The van der Waals surface area contributed by atoms with Crippen molar-refractivity contribution in [3.8, 4) is 5.75 Å². The van der Waals surface area contributed by atoms with Crippen LogP contribution in [0.15, 0.2) is 54.6 Å². The molecule has 2 aliphatic rings. The van der Waals surface area contributed by atoms with E-state index in [-0.39, 0.29) is 36.9 Å². The molecule has 1 aliphatic heterocycles. The highest BCUT2D eigenvalue weighted by Crippen LogP contribution is 2.52. The van der Waals surface area contributed by atoms with Gasteiger partial charge >= 0.3 is 5.97 Å². The van der Waals surface area contributed by atoms with Gasteiger partial charge in [0.2, 0.25) is 0 Å². The maximum atomic E-state index is 13.7. The number of hydrogen-bond donors (Lipinski definition) is 0. The lowest BCUT2D eigenvalue weighted by atomic mass is 9.95. The van der Waals surface area contributed by atoms with E-state index in [2.05, 4.69) is 16.7 Å². The fraction of sp³-hybridized carbons (Fsp3) is 0.500. The molecule has 0 aromatic heterocycles. The second-order valence-corrected chi connectivity index (χ2v) is 8.67. The third-order valence-corrected chi connectivity index (χ3v) is 6.73. The molecular weight excluding hydrogens is 475 g/mol. The molecule has 1 aliphatic carbocycles. The third-order valence-electron chi connectivity index (χ3n) is 6.73. The molecule has 34 heavy (non-hydrogen) atoms. The van der Waals surface area contributed by atoms with Gasteiger partial charge in [0.15, 0.2) is 6.23 Å². The quantitative estimate of drug-likeness (QED) is 0.464. The van der Waals surface area contributed by atoms with Crippen LogP contribution in [0.1, 0.15) is 37.1 Å². The summed E-state index contributed by atoms with van der Waals surface area (Å²) >= 11 is 0. The zero-order valence-corrected chi connectivity index (χ0v) is 21.8. The van der Waals surface area contributed by atoms with Crippen molar-refractivity contribution in [1.29, 1.82) is 0 Å². The van der Waals surface area contributed by atoms with Crippen LogP contribution in [-0.2, 0) is 19.7 Å². The Balaban J connectivity index is 0.00000204. The molecule has 2 aromatic rings. The van der Waals surface area contributed by atoms with Crippen LogP contribution in [0.25, 0.3) is 0 Å². The van der Waals surface area contributed by atoms with Crippen molar-refractivity contribution in [2.75, 3.05) is 46.9 Å². The molecule has 3 unspecified atom stereocenters. The third kappa shape index (κ3) is 5.86. The van der Waals surface area contributed by atoms with Crippen LogP contribution in [0.4, 0.5) is 0 Å². The van der Waals surface area contributed by atoms with Crippen molar-refractivity contribution in [2.45, 2.75) is 37.5 Å². The Bertz CT molecular complexity index is 891. The zero-order valence-electron chi connectivity index (χ0n) is 20.1. The Morgan fingerprint density at radius 3 is 2.18 bits per heavy atom. The first kappa shape index (κ1) is 28.4. The molecule has 1 saturated heterocycles. The fourth-order valence-electron chi connectivity index (χ4n) is 4.76. The van der Waals surface area contributed by atoms with Crippen LogP contribution in [0.2, 0.25) is 0 Å².